The van der Waals surface area contributed by atoms with Gasteiger partial charge in [0.2, 0.25) is 12.2 Å². The molecule has 5 heteroatoms. The van der Waals surface area contributed by atoms with Crippen LogP contribution >= 0.6 is 0 Å². The van der Waals surface area contributed by atoms with Crippen LogP contribution in [0.2, 0.25) is 0 Å². The molecule has 0 fully saturated rings. The molecule has 0 aliphatic carbocycles. The third-order valence-corrected chi connectivity index (χ3v) is 1.53. The number of benzene rings is 1. The molecular weight excluding hydrogens is 232 g/mol. The highest BCUT2D eigenvalue weighted by atomic mass is 16.3. The molecule has 0 amide bonds. The second kappa shape index (κ2) is 7.30. The summed E-state index contributed by atoms with van der Waals surface area (Å²) in [5.74, 6) is 0. The van der Waals surface area contributed by atoms with Crippen molar-refractivity contribution in [3.63, 3.8) is 0 Å². The maximum absolute atomic E-state index is 10.00. The van der Waals surface area contributed by atoms with Crippen molar-refractivity contribution in [2.45, 2.75) is 33.3 Å². The van der Waals surface area contributed by atoms with E-state index in [9.17, 15) is 9.59 Å². The molecule has 0 aromatic heterocycles. The van der Waals surface area contributed by atoms with Gasteiger partial charge in [-0.2, -0.15) is 9.98 Å². The van der Waals surface area contributed by atoms with Crippen molar-refractivity contribution in [1.29, 1.82) is 0 Å². The molecule has 18 heavy (non-hydrogen) atoms. The molecule has 1 aromatic carbocycles. The lowest BCUT2D eigenvalue weighted by atomic mass is 10.2. The van der Waals surface area contributed by atoms with E-state index in [-0.39, 0.29) is 0 Å². The molecule has 0 bridgehead atoms. The van der Waals surface area contributed by atoms with E-state index < -0.39 is 5.60 Å². The van der Waals surface area contributed by atoms with Crippen molar-refractivity contribution < 1.29 is 14.7 Å². The van der Waals surface area contributed by atoms with Crippen LogP contribution in [0.1, 0.15) is 26.3 Å². The van der Waals surface area contributed by atoms with Gasteiger partial charge in [-0.05, 0) is 45.4 Å². The van der Waals surface area contributed by atoms with Gasteiger partial charge < -0.3 is 5.11 Å². The van der Waals surface area contributed by atoms with Crippen LogP contribution in [0, 0.1) is 6.92 Å². The van der Waals surface area contributed by atoms with Crippen LogP contribution in [0.4, 0.5) is 11.4 Å². The lowest BCUT2D eigenvalue weighted by molar-refractivity contribution is 0.102. The number of aliphatic hydroxyl groups is 1. The highest BCUT2D eigenvalue weighted by Crippen LogP contribution is 2.23. The first-order valence-corrected chi connectivity index (χ1v) is 5.26. The number of aryl methyl sites for hydroxylation is 1. The molecular formula is C13H16N2O3. The van der Waals surface area contributed by atoms with Crippen LogP contribution in [0.25, 0.3) is 0 Å². The molecule has 0 spiro atoms. The van der Waals surface area contributed by atoms with Crippen LogP contribution < -0.4 is 0 Å². The van der Waals surface area contributed by atoms with Gasteiger partial charge in [-0.3, -0.25) is 0 Å². The average Bonchev–Trinajstić information content (AvgIpc) is 2.21. The molecule has 1 N–H and O–H groups in total. The van der Waals surface area contributed by atoms with E-state index >= 15 is 0 Å². The molecule has 0 aliphatic rings. The SMILES string of the molecule is CC(C)(C)O.Cc1ccc(N=C=O)cc1N=C=O. The van der Waals surface area contributed by atoms with E-state index in [0.717, 1.165) is 5.56 Å². The second-order valence-electron chi connectivity index (χ2n) is 4.55. The summed E-state index contributed by atoms with van der Waals surface area (Å²) < 4.78 is 0. The zero-order chi connectivity index (χ0) is 14.2. The van der Waals surface area contributed by atoms with Gasteiger partial charge in [0.25, 0.3) is 0 Å². The third-order valence-electron chi connectivity index (χ3n) is 1.53. The Hall–Kier alpha value is -2.06. The van der Waals surface area contributed by atoms with Crippen molar-refractivity contribution in [2.75, 3.05) is 0 Å². The molecule has 5 nitrogen and oxygen atoms in total. The average molecular weight is 248 g/mol. The number of hydrogen-bond donors (Lipinski definition) is 1. The highest BCUT2D eigenvalue weighted by Gasteiger charge is 1.98. The summed E-state index contributed by atoms with van der Waals surface area (Å²) in [5, 5.41) is 8.52. The standard InChI is InChI=1S/C9H6N2O2.C4H10O/c1-7-2-3-8(10-5-12)4-9(7)11-6-13;1-4(2,3)5/h2-4H,1H3;5H,1-3H3. The molecule has 0 heterocycles. The Balaban J connectivity index is 0.000000494. The summed E-state index contributed by atoms with van der Waals surface area (Å²) in [6.07, 6.45) is 2.84. The number of carbonyl (C=O) groups excluding carboxylic acids is 2. The molecule has 0 atom stereocenters. The first-order valence-electron chi connectivity index (χ1n) is 5.26. The Morgan fingerprint density at radius 2 is 1.61 bits per heavy atom. The minimum atomic E-state index is -0.500. The quantitative estimate of drug-likeness (QED) is 0.645. The summed E-state index contributed by atoms with van der Waals surface area (Å²) in [6.45, 7) is 7.03. The minimum absolute atomic E-state index is 0.426. The zero-order valence-electron chi connectivity index (χ0n) is 10.9. The van der Waals surface area contributed by atoms with E-state index in [1.807, 2.05) is 0 Å². The van der Waals surface area contributed by atoms with Gasteiger partial charge in [0, 0.05) is 0 Å². The molecule has 0 aliphatic heterocycles. The fourth-order valence-corrected chi connectivity index (χ4v) is 0.890. The Morgan fingerprint density at radius 3 is 2.06 bits per heavy atom. The van der Waals surface area contributed by atoms with E-state index in [4.69, 9.17) is 5.11 Å². The fraction of sp³-hybridized carbons (Fsp3) is 0.385. The molecule has 0 radical (unpaired) electrons. The summed E-state index contributed by atoms with van der Waals surface area (Å²) in [7, 11) is 0. The first-order chi connectivity index (χ1) is 8.27. The minimum Gasteiger partial charge on any atom is -0.391 e. The lowest BCUT2D eigenvalue weighted by Crippen LogP contribution is -2.10. The van der Waals surface area contributed by atoms with Gasteiger partial charge in [-0.25, -0.2) is 9.59 Å². The maximum Gasteiger partial charge on any atom is 0.240 e. The van der Waals surface area contributed by atoms with Crippen molar-refractivity contribution in [3.8, 4) is 0 Å². The summed E-state index contributed by atoms with van der Waals surface area (Å²) in [6, 6.07) is 4.88. The lowest BCUT2D eigenvalue weighted by Gasteiger charge is -2.04. The van der Waals surface area contributed by atoms with Gasteiger partial charge in [0.1, 0.15) is 0 Å². The van der Waals surface area contributed by atoms with Crippen molar-refractivity contribution in [1.82, 2.24) is 0 Å². The maximum atomic E-state index is 10.00. The van der Waals surface area contributed by atoms with Gasteiger partial charge in [-0.15, -0.1) is 0 Å². The Labute approximate surface area is 106 Å². The smallest absolute Gasteiger partial charge is 0.240 e. The van der Waals surface area contributed by atoms with Crippen LogP contribution in [-0.2, 0) is 9.59 Å². The largest absolute Gasteiger partial charge is 0.391 e. The predicted molar refractivity (Wildman–Crippen MR) is 68.7 cm³/mol. The monoisotopic (exact) mass is 248 g/mol. The van der Waals surface area contributed by atoms with Gasteiger partial charge in [-0.1, -0.05) is 6.07 Å². The van der Waals surface area contributed by atoms with Crippen LogP contribution in [0.5, 0.6) is 0 Å². The third kappa shape index (κ3) is 8.13. The first kappa shape index (κ1) is 15.9. The van der Waals surface area contributed by atoms with Crippen molar-refractivity contribution >= 4 is 23.5 Å². The number of nitrogens with zero attached hydrogens (tertiary/aromatic N) is 2. The fourth-order valence-electron chi connectivity index (χ4n) is 0.890. The Kier molecular flexibility index (Phi) is 6.47. The van der Waals surface area contributed by atoms with Gasteiger partial charge >= 0.3 is 0 Å². The molecule has 1 aromatic rings. The van der Waals surface area contributed by atoms with Crippen LogP contribution in [-0.4, -0.2) is 22.9 Å². The van der Waals surface area contributed by atoms with Crippen LogP contribution in [0.15, 0.2) is 28.2 Å². The Bertz CT molecular complexity index is 485. The molecule has 1 rings (SSSR count). The van der Waals surface area contributed by atoms with E-state index in [1.165, 1.54) is 18.2 Å². The molecule has 96 valence electrons. The normalized spacial score (nSPS) is 9.39. The molecule has 0 saturated carbocycles. The van der Waals surface area contributed by atoms with Crippen LogP contribution in [0.3, 0.4) is 0 Å². The number of aliphatic imine (C=N–C) groups is 2. The van der Waals surface area contributed by atoms with Crippen molar-refractivity contribution in [3.05, 3.63) is 23.8 Å². The van der Waals surface area contributed by atoms with Gasteiger partial charge in [0.05, 0.1) is 17.0 Å². The molecule has 0 saturated heterocycles. The number of hydrogen-bond acceptors (Lipinski definition) is 5. The molecule has 0 unspecified atom stereocenters. The summed E-state index contributed by atoms with van der Waals surface area (Å²) in [5.41, 5.74) is 1.22. The summed E-state index contributed by atoms with van der Waals surface area (Å²) >= 11 is 0. The van der Waals surface area contributed by atoms with E-state index in [2.05, 4.69) is 9.98 Å². The topological polar surface area (TPSA) is 79.1 Å². The van der Waals surface area contributed by atoms with Crippen molar-refractivity contribution in [2.24, 2.45) is 9.98 Å². The Morgan fingerprint density at radius 1 is 1.11 bits per heavy atom. The van der Waals surface area contributed by atoms with E-state index in [1.54, 1.807) is 39.8 Å². The highest BCUT2D eigenvalue weighted by molar-refractivity contribution is 5.61. The van der Waals surface area contributed by atoms with E-state index in [0.29, 0.717) is 11.4 Å². The number of isocyanates is 2. The summed E-state index contributed by atoms with van der Waals surface area (Å²) in [4.78, 5) is 26.8. The predicted octanol–water partition coefficient (Wildman–Crippen LogP) is 2.71. The second-order valence-corrected chi connectivity index (χ2v) is 4.55. The number of rotatable bonds is 2. The van der Waals surface area contributed by atoms with Gasteiger partial charge in [0.15, 0.2) is 0 Å². The zero-order valence-corrected chi connectivity index (χ0v) is 10.9.